The van der Waals surface area contributed by atoms with Gasteiger partial charge in [-0.25, -0.2) is 4.79 Å². The van der Waals surface area contributed by atoms with Gasteiger partial charge in [0, 0.05) is 6.08 Å². The molecule has 0 saturated heterocycles. The first kappa shape index (κ1) is 20.2. The van der Waals surface area contributed by atoms with Crippen LogP contribution in [0.2, 0.25) is 0 Å². The first-order chi connectivity index (χ1) is 10.3. The molecule has 0 amide bonds. The molecule has 0 aliphatic carbocycles. The summed E-state index contributed by atoms with van der Waals surface area (Å²) in [4.78, 5) is 10.8. The predicted octanol–water partition coefficient (Wildman–Crippen LogP) is 6.20. The summed E-state index contributed by atoms with van der Waals surface area (Å²) in [5.41, 5.74) is 0. The van der Waals surface area contributed by atoms with Crippen LogP contribution in [0, 0.1) is 0 Å². The van der Waals surface area contributed by atoms with E-state index in [1.54, 1.807) is 0 Å². The molecule has 0 unspecified atom stereocenters. The summed E-state index contributed by atoms with van der Waals surface area (Å²) in [7, 11) is 1.41. The monoisotopic (exact) mass is 296 g/mol. The van der Waals surface area contributed by atoms with Crippen molar-refractivity contribution in [2.45, 2.75) is 96.8 Å². The maximum atomic E-state index is 10.8. The van der Waals surface area contributed by atoms with Gasteiger partial charge in [0.1, 0.15) is 0 Å². The Labute approximate surface area is 132 Å². The lowest BCUT2D eigenvalue weighted by Crippen LogP contribution is -1.93. The first-order valence-corrected chi connectivity index (χ1v) is 9.05. The second-order valence-electron chi connectivity index (χ2n) is 5.96. The molecule has 124 valence electrons. The highest BCUT2D eigenvalue weighted by atomic mass is 16.5. The molecule has 0 aromatic heterocycles. The minimum absolute atomic E-state index is 0.246. The minimum Gasteiger partial charge on any atom is -0.466 e. The third-order valence-electron chi connectivity index (χ3n) is 3.93. The van der Waals surface area contributed by atoms with Crippen molar-refractivity contribution in [1.82, 2.24) is 0 Å². The fraction of sp³-hybridized carbons (Fsp3) is 0.842. The van der Waals surface area contributed by atoms with E-state index in [1.165, 1.54) is 96.7 Å². The molecular formula is C19H36O2. The number of hydrogen-bond donors (Lipinski definition) is 0. The number of carbonyl (C=O) groups excluding carboxylic acids is 1. The zero-order chi connectivity index (χ0) is 15.6. The molecular weight excluding hydrogens is 260 g/mol. The van der Waals surface area contributed by atoms with Gasteiger partial charge < -0.3 is 4.74 Å². The van der Waals surface area contributed by atoms with E-state index in [-0.39, 0.29) is 5.97 Å². The summed E-state index contributed by atoms with van der Waals surface area (Å²) in [5.74, 6) is -0.246. The van der Waals surface area contributed by atoms with Gasteiger partial charge in [-0.2, -0.15) is 0 Å². The largest absolute Gasteiger partial charge is 0.466 e. The third kappa shape index (κ3) is 17.2. The summed E-state index contributed by atoms with van der Waals surface area (Å²) in [5, 5.41) is 0. The average molecular weight is 296 g/mol. The van der Waals surface area contributed by atoms with E-state index in [0.717, 1.165) is 6.42 Å². The summed E-state index contributed by atoms with van der Waals surface area (Å²) in [6, 6.07) is 0. The SMILES string of the molecule is CCCCCCCCCCCCCCC/C=C/C(=O)OC. The number of methoxy groups -OCH3 is 1. The van der Waals surface area contributed by atoms with Gasteiger partial charge in [-0.05, 0) is 12.8 Å². The highest BCUT2D eigenvalue weighted by Crippen LogP contribution is 2.12. The summed E-state index contributed by atoms with van der Waals surface area (Å²) in [6.45, 7) is 2.27. The lowest BCUT2D eigenvalue weighted by atomic mass is 10.0. The second-order valence-corrected chi connectivity index (χ2v) is 5.96. The van der Waals surface area contributed by atoms with Gasteiger partial charge in [0.15, 0.2) is 0 Å². The van der Waals surface area contributed by atoms with Gasteiger partial charge in [-0.15, -0.1) is 0 Å². The lowest BCUT2D eigenvalue weighted by molar-refractivity contribution is -0.134. The first-order valence-electron chi connectivity index (χ1n) is 9.05. The molecule has 2 heteroatoms. The number of unbranched alkanes of at least 4 members (excludes halogenated alkanes) is 13. The molecule has 0 N–H and O–H groups in total. The van der Waals surface area contributed by atoms with Crippen molar-refractivity contribution in [1.29, 1.82) is 0 Å². The highest BCUT2D eigenvalue weighted by Gasteiger charge is 1.94. The molecule has 2 nitrogen and oxygen atoms in total. The van der Waals surface area contributed by atoms with Crippen molar-refractivity contribution in [3.05, 3.63) is 12.2 Å². The Morgan fingerprint density at radius 3 is 1.62 bits per heavy atom. The Morgan fingerprint density at radius 1 is 0.762 bits per heavy atom. The number of allylic oxidation sites excluding steroid dienone is 1. The van der Waals surface area contributed by atoms with Gasteiger partial charge in [-0.1, -0.05) is 90.0 Å². The standard InChI is InChI=1S/C19H36O2/c1-3-4-5-6-7-8-9-10-11-12-13-14-15-16-17-18-19(20)21-2/h17-18H,3-16H2,1-2H3/b18-17+. The smallest absolute Gasteiger partial charge is 0.330 e. The number of ether oxygens (including phenoxy) is 1. The summed E-state index contributed by atoms with van der Waals surface area (Å²) in [6.07, 6.45) is 22.3. The Hall–Kier alpha value is -0.790. The normalized spacial score (nSPS) is 11.1. The molecule has 0 aromatic rings. The number of esters is 1. The average Bonchev–Trinajstić information content (AvgIpc) is 2.50. The zero-order valence-electron chi connectivity index (χ0n) is 14.4. The van der Waals surface area contributed by atoms with Crippen LogP contribution in [0.4, 0.5) is 0 Å². The molecule has 0 aliphatic heterocycles. The Morgan fingerprint density at radius 2 is 1.19 bits per heavy atom. The van der Waals surface area contributed by atoms with Gasteiger partial charge in [0.2, 0.25) is 0 Å². The number of hydrogen-bond acceptors (Lipinski definition) is 2. The predicted molar refractivity (Wildman–Crippen MR) is 91.5 cm³/mol. The summed E-state index contributed by atoms with van der Waals surface area (Å²) < 4.78 is 4.54. The van der Waals surface area contributed by atoms with Crippen molar-refractivity contribution in [2.75, 3.05) is 7.11 Å². The maximum absolute atomic E-state index is 10.8. The van der Waals surface area contributed by atoms with E-state index in [9.17, 15) is 4.79 Å². The van der Waals surface area contributed by atoms with E-state index in [1.807, 2.05) is 6.08 Å². The van der Waals surface area contributed by atoms with Gasteiger partial charge in [-0.3, -0.25) is 0 Å². The Balaban J connectivity index is 3.06. The van der Waals surface area contributed by atoms with Crippen LogP contribution in [-0.4, -0.2) is 13.1 Å². The molecule has 0 saturated carbocycles. The molecule has 0 atom stereocenters. The fourth-order valence-electron chi connectivity index (χ4n) is 2.53. The highest BCUT2D eigenvalue weighted by molar-refractivity contribution is 5.81. The zero-order valence-corrected chi connectivity index (χ0v) is 14.4. The van der Waals surface area contributed by atoms with Crippen molar-refractivity contribution < 1.29 is 9.53 Å². The molecule has 0 bridgehead atoms. The van der Waals surface area contributed by atoms with Crippen LogP contribution < -0.4 is 0 Å². The van der Waals surface area contributed by atoms with Crippen LogP contribution in [0.3, 0.4) is 0 Å². The molecule has 0 spiro atoms. The molecule has 0 fully saturated rings. The van der Waals surface area contributed by atoms with Crippen LogP contribution in [0.1, 0.15) is 96.8 Å². The van der Waals surface area contributed by atoms with Crippen molar-refractivity contribution >= 4 is 5.97 Å². The molecule has 21 heavy (non-hydrogen) atoms. The lowest BCUT2D eigenvalue weighted by Gasteiger charge is -2.02. The molecule has 0 heterocycles. The minimum atomic E-state index is -0.246. The van der Waals surface area contributed by atoms with E-state index >= 15 is 0 Å². The van der Waals surface area contributed by atoms with Crippen LogP contribution in [0.25, 0.3) is 0 Å². The number of carbonyl (C=O) groups is 1. The van der Waals surface area contributed by atoms with Crippen molar-refractivity contribution in [3.63, 3.8) is 0 Å². The second kappa shape index (κ2) is 17.3. The van der Waals surface area contributed by atoms with Crippen LogP contribution >= 0.6 is 0 Å². The molecule has 0 aliphatic rings. The summed E-state index contributed by atoms with van der Waals surface area (Å²) >= 11 is 0. The maximum Gasteiger partial charge on any atom is 0.330 e. The van der Waals surface area contributed by atoms with Crippen LogP contribution in [0.15, 0.2) is 12.2 Å². The van der Waals surface area contributed by atoms with Crippen LogP contribution in [-0.2, 0) is 9.53 Å². The third-order valence-corrected chi connectivity index (χ3v) is 3.93. The fourth-order valence-corrected chi connectivity index (χ4v) is 2.53. The molecule has 0 rings (SSSR count). The number of rotatable bonds is 15. The molecule has 0 aromatic carbocycles. The van der Waals surface area contributed by atoms with Gasteiger partial charge in [0.05, 0.1) is 7.11 Å². The topological polar surface area (TPSA) is 26.3 Å². The van der Waals surface area contributed by atoms with Crippen LogP contribution in [0.5, 0.6) is 0 Å². The van der Waals surface area contributed by atoms with Crippen molar-refractivity contribution in [3.8, 4) is 0 Å². The van der Waals surface area contributed by atoms with Crippen molar-refractivity contribution in [2.24, 2.45) is 0 Å². The van der Waals surface area contributed by atoms with E-state index in [0.29, 0.717) is 0 Å². The van der Waals surface area contributed by atoms with E-state index < -0.39 is 0 Å². The Bertz CT molecular complexity index is 246. The van der Waals surface area contributed by atoms with E-state index in [4.69, 9.17) is 0 Å². The quantitative estimate of drug-likeness (QED) is 0.204. The van der Waals surface area contributed by atoms with E-state index in [2.05, 4.69) is 11.7 Å². The molecule has 0 radical (unpaired) electrons. The Kier molecular flexibility index (Phi) is 16.6. The van der Waals surface area contributed by atoms with Gasteiger partial charge >= 0.3 is 5.97 Å². The van der Waals surface area contributed by atoms with Gasteiger partial charge in [0.25, 0.3) is 0 Å².